The van der Waals surface area contributed by atoms with Gasteiger partial charge in [0, 0.05) is 18.2 Å². The van der Waals surface area contributed by atoms with E-state index in [0.717, 1.165) is 19.3 Å². The predicted octanol–water partition coefficient (Wildman–Crippen LogP) is 2.84. The number of methoxy groups -OCH3 is 2. The number of amides is 1. The number of fused-ring (bicyclic) bond motifs is 1. The van der Waals surface area contributed by atoms with Crippen molar-refractivity contribution in [3.05, 3.63) is 48.0 Å². The average Bonchev–Trinajstić information content (AvgIpc) is 2.86. The summed E-state index contributed by atoms with van der Waals surface area (Å²) in [5.41, 5.74) is 0.641. The topological polar surface area (TPSA) is 102 Å². The molecule has 2 heterocycles. The highest BCUT2D eigenvalue weighted by atomic mass is 32.2. The maximum atomic E-state index is 13.6. The van der Waals surface area contributed by atoms with Crippen molar-refractivity contribution in [1.29, 1.82) is 0 Å². The Morgan fingerprint density at radius 1 is 1.09 bits per heavy atom. The number of nitrogens with zero attached hydrogens (tertiary/aromatic N) is 2. The highest BCUT2D eigenvalue weighted by Gasteiger charge is 2.37. The van der Waals surface area contributed by atoms with Gasteiger partial charge in [-0.05, 0) is 50.1 Å². The second kappa shape index (κ2) is 9.63. The number of ether oxygens (including phenoxy) is 3. The van der Waals surface area contributed by atoms with E-state index >= 15 is 0 Å². The van der Waals surface area contributed by atoms with Crippen LogP contribution in [0.2, 0.25) is 0 Å². The third-order valence-corrected chi connectivity index (χ3v) is 8.26. The predicted molar refractivity (Wildman–Crippen MR) is 125 cm³/mol. The lowest BCUT2D eigenvalue weighted by molar-refractivity contribution is -0.148. The Kier molecular flexibility index (Phi) is 6.81. The first-order chi connectivity index (χ1) is 16.3. The quantitative estimate of drug-likeness (QED) is 0.597. The van der Waals surface area contributed by atoms with Crippen LogP contribution in [0.4, 0.5) is 5.69 Å². The number of benzene rings is 2. The molecule has 34 heavy (non-hydrogen) atoms. The number of carbonyl (C=O) groups is 2. The molecule has 0 unspecified atom stereocenters. The maximum Gasteiger partial charge on any atom is 0.348 e. The molecule has 0 radical (unpaired) electrons. The average molecular weight is 489 g/mol. The summed E-state index contributed by atoms with van der Waals surface area (Å²) >= 11 is 0. The van der Waals surface area contributed by atoms with Gasteiger partial charge in [-0.1, -0.05) is 18.6 Å². The minimum atomic E-state index is -3.89. The van der Waals surface area contributed by atoms with Gasteiger partial charge in [-0.15, -0.1) is 0 Å². The highest BCUT2D eigenvalue weighted by Crippen LogP contribution is 2.36. The zero-order chi connectivity index (χ0) is 24.5. The lowest BCUT2D eigenvalue weighted by Crippen LogP contribution is -2.47. The second-order valence-corrected chi connectivity index (χ2v) is 10.2. The summed E-state index contributed by atoms with van der Waals surface area (Å²) in [6.07, 6.45) is 1.53. The van der Waals surface area contributed by atoms with Crippen molar-refractivity contribution in [2.45, 2.75) is 43.2 Å². The summed E-state index contributed by atoms with van der Waals surface area (Å²) in [5.74, 6) is -0.537. The number of piperidine rings is 1. The number of sulfonamides is 1. The van der Waals surface area contributed by atoms with Gasteiger partial charge < -0.3 is 19.1 Å². The molecule has 2 aromatic rings. The van der Waals surface area contributed by atoms with Crippen LogP contribution in [0.25, 0.3) is 0 Å². The van der Waals surface area contributed by atoms with E-state index in [4.69, 9.17) is 14.2 Å². The van der Waals surface area contributed by atoms with Gasteiger partial charge in [0.2, 0.25) is 16.1 Å². The monoisotopic (exact) mass is 488 g/mol. The molecule has 9 nitrogen and oxygen atoms in total. The lowest BCUT2D eigenvalue weighted by atomic mass is 10.1. The summed E-state index contributed by atoms with van der Waals surface area (Å²) in [5, 5.41) is 0. The van der Waals surface area contributed by atoms with Crippen molar-refractivity contribution >= 4 is 27.6 Å². The molecule has 0 aliphatic carbocycles. The zero-order valence-corrected chi connectivity index (χ0v) is 20.2. The van der Waals surface area contributed by atoms with E-state index in [1.807, 2.05) is 6.92 Å². The van der Waals surface area contributed by atoms with Crippen molar-refractivity contribution in [1.82, 2.24) is 4.31 Å². The molecule has 2 aromatic carbocycles. The van der Waals surface area contributed by atoms with E-state index in [-0.39, 0.29) is 28.8 Å². The fourth-order valence-corrected chi connectivity index (χ4v) is 6.29. The van der Waals surface area contributed by atoms with Crippen LogP contribution >= 0.6 is 0 Å². The van der Waals surface area contributed by atoms with Crippen LogP contribution in [-0.2, 0) is 19.6 Å². The number of hydrogen-bond donors (Lipinski definition) is 0. The van der Waals surface area contributed by atoms with Crippen LogP contribution in [0.1, 0.15) is 36.5 Å². The molecular formula is C24H28N2O7S. The van der Waals surface area contributed by atoms with E-state index in [2.05, 4.69) is 0 Å². The third-order valence-electron chi connectivity index (χ3n) is 6.22. The summed E-state index contributed by atoms with van der Waals surface area (Å²) < 4.78 is 44.4. The second-order valence-electron chi connectivity index (χ2n) is 8.34. The molecule has 182 valence electrons. The SMILES string of the molecule is COC(=O)[C@@H]1CN(C(=O)c2ccc(OC)c(S(=O)(=O)N3CCCC[C@H]3C)c2)c2ccccc2O1. The van der Waals surface area contributed by atoms with Crippen molar-refractivity contribution in [3.63, 3.8) is 0 Å². The van der Waals surface area contributed by atoms with Crippen LogP contribution in [0.3, 0.4) is 0 Å². The first-order valence-electron chi connectivity index (χ1n) is 11.1. The number of anilines is 1. The van der Waals surface area contributed by atoms with Crippen LogP contribution in [-0.4, -0.2) is 64.1 Å². The zero-order valence-electron chi connectivity index (χ0n) is 19.4. The Labute approximate surface area is 199 Å². The maximum absolute atomic E-state index is 13.6. The Morgan fingerprint density at radius 3 is 2.56 bits per heavy atom. The number of esters is 1. The first kappa shape index (κ1) is 24.0. The molecule has 0 spiro atoms. The summed E-state index contributed by atoms with van der Waals surface area (Å²) in [6, 6.07) is 11.1. The fraction of sp³-hybridized carbons (Fsp3) is 0.417. The minimum Gasteiger partial charge on any atom is -0.495 e. The van der Waals surface area contributed by atoms with Gasteiger partial charge >= 0.3 is 5.97 Å². The molecule has 0 bridgehead atoms. The minimum absolute atomic E-state index is 0.0549. The van der Waals surface area contributed by atoms with E-state index in [1.54, 1.807) is 24.3 Å². The lowest BCUT2D eigenvalue weighted by Gasteiger charge is -2.34. The first-order valence-corrected chi connectivity index (χ1v) is 12.6. The van der Waals surface area contributed by atoms with Crippen molar-refractivity contribution in [3.8, 4) is 11.5 Å². The Bertz CT molecular complexity index is 1200. The van der Waals surface area contributed by atoms with Crippen molar-refractivity contribution in [2.24, 2.45) is 0 Å². The van der Waals surface area contributed by atoms with Gasteiger partial charge in [0.1, 0.15) is 16.4 Å². The van der Waals surface area contributed by atoms with Crippen LogP contribution < -0.4 is 14.4 Å². The van der Waals surface area contributed by atoms with Gasteiger partial charge in [-0.25, -0.2) is 13.2 Å². The van der Waals surface area contributed by atoms with Crippen LogP contribution in [0.15, 0.2) is 47.4 Å². The van der Waals surface area contributed by atoms with Crippen LogP contribution in [0.5, 0.6) is 11.5 Å². The van der Waals surface area contributed by atoms with E-state index in [9.17, 15) is 18.0 Å². The largest absolute Gasteiger partial charge is 0.495 e. The normalized spacial score (nSPS) is 20.7. The number of carbonyl (C=O) groups excluding carboxylic acids is 2. The molecule has 2 atom stereocenters. The molecule has 2 aliphatic heterocycles. The van der Waals surface area contributed by atoms with Gasteiger partial charge in [-0.2, -0.15) is 4.31 Å². The van der Waals surface area contributed by atoms with E-state index < -0.39 is 28.0 Å². The molecule has 0 aromatic heterocycles. The fourth-order valence-electron chi connectivity index (χ4n) is 4.40. The van der Waals surface area contributed by atoms with Crippen molar-refractivity contribution in [2.75, 3.05) is 32.2 Å². The summed E-state index contributed by atoms with van der Waals surface area (Å²) in [7, 11) is -1.24. The number of para-hydroxylation sites is 2. The summed E-state index contributed by atoms with van der Waals surface area (Å²) in [4.78, 5) is 27.1. The number of rotatable bonds is 5. The molecule has 1 saturated heterocycles. The molecular weight excluding hydrogens is 460 g/mol. The number of hydrogen-bond acceptors (Lipinski definition) is 7. The molecule has 10 heteroatoms. The Balaban J connectivity index is 1.74. The molecule has 2 aliphatic rings. The van der Waals surface area contributed by atoms with Gasteiger partial charge in [-0.3, -0.25) is 4.79 Å². The van der Waals surface area contributed by atoms with Gasteiger partial charge in [0.25, 0.3) is 5.91 Å². The molecule has 4 rings (SSSR count). The highest BCUT2D eigenvalue weighted by molar-refractivity contribution is 7.89. The smallest absolute Gasteiger partial charge is 0.348 e. The molecule has 0 saturated carbocycles. The van der Waals surface area contributed by atoms with E-state index in [0.29, 0.717) is 18.0 Å². The Hall–Kier alpha value is -3.11. The van der Waals surface area contributed by atoms with Crippen LogP contribution in [0, 0.1) is 0 Å². The van der Waals surface area contributed by atoms with Crippen molar-refractivity contribution < 1.29 is 32.2 Å². The Morgan fingerprint density at radius 2 is 1.85 bits per heavy atom. The molecule has 1 amide bonds. The standard InChI is InChI=1S/C24H28N2O7S/c1-16-8-6-7-13-26(16)34(29,30)22-14-17(11-12-20(22)31-2)23(27)25-15-21(24(28)32-3)33-19-10-5-4-9-18(19)25/h4-5,9-12,14,16,21H,6-8,13,15H2,1-3H3/t16-,21+/m1/s1. The van der Waals surface area contributed by atoms with Gasteiger partial charge in [0.15, 0.2) is 0 Å². The van der Waals surface area contributed by atoms with E-state index in [1.165, 1.54) is 41.6 Å². The molecule has 0 N–H and O–H groups in total. The summed E-state index contributed by atoms with van der Waals surface area (Å²) in [6.45, 7) is 2.23. The van der Waals surface area contributed by atoms with Gasteiger partial charge in [0.05, 0.1) is 26.5 Å². The third kappa shape index (κ3) is 4.35. The molecule has 1 fully saturated rings.